The summed E-state index contributed by atoms with van der Waals surface area (Å²) < 4.78 is 0. The molecule has 1 rings (SSSR count). The number of hydrogen-bond acceptors (Lipinski definition) is 2. The number of carbonyl (C=O) groups excluding carboxylic acids is 1. The summed E-state index contributed by atoms with van der Waals surface area (Å²) in [6, 6.07) is 5.60. The van der Waals surface area contributed by atoms with Gasteiger partial charge in [0.05, 0.1) is 0 Å². The van der Waals surface area contributed by atoms with Gasteiger partial charge in [0.1, 0.15) is 5.82 Å². The summed E-state index contributed by atoms with van der Waals surface area (Å²) in [6.45, 7) is 6.13. The number of hydrogen-bond donors (Lipinski definition) is 1. The minimum absolute atomic E-state index is 0.0433. The molecule has 0 fully saturated rings. The lowest BCUT2D eigenvalue weighted by atomic mass is 10.1. The molecule has 0 atom stereocenters. The first-order chi connectivity index (χ1) is 7.08. The normalized spacial score (nSPS) is 10.4. The molecule has 0 radical (unpaired) electrons. The van der Waals surface area contributed by atoms with Crippen LogP contribution < -0.4 is 5.32 Å². The van der Waals surface area contributed by atoms with E-state index in [-0.39, 0.29) is 5.91 Å². The van der Waals surface area contributed by atoms with Crippen LogP contribution >= 0.6 is 0 Å². The smallest absolute Gasteiger partial charge is 0.225 e. The van der Waals surface area contributed by atoms with E-state index in [1.165, 1.54) is 0 Å². The van der Waals surface area contributed by atoms with E-state index in [1.807, 2.05) is 19.1 Å². The number of aromatic nitrogens is 1. The maximum Gasteiger partial charge on any atom is 0.225 e. The Bertz CT molecular complexity index is 334. The van der Waals surface area contributed by atoms with Gasteiger partial charge in [-0.3, -0.25) is 4.79 Å². The van der Waals surface area contributed by atoms with Crippen molar-refractivity contribution in [3.8, 4) is 0 Å². The molecule has 0 spiro atoms. The SMILES string of the molecule is Cc1cccc(NC(=O)CCC(C)C)n1. The van der Waals surface area contributed by atoms with Crippen molar-refractivity contribution in [1.82, 2.24) is 4.98 Å². The second-order valence-electron chi connectivity index (χ2n) is 4.14. The number of anilines is 1. The van der Waals surface area contributed by atoms with Crippen LogP contribution in [0.5, 0.6) is 0 Å². The van der Waals surface area contributed by atoms with Gasteiger partial charge < -0.3 is 5.32 Å². The van der Waals surface area contributed by atoms with Crippen molar-refractivity contribution in [2.24, 2.45) is 5.92 Å². The van der Waals surface area contributed by atoms with Gasteiger partial charge in [0.15, 0.2) is 0 Å². The monoisotopic (exact) mass is 206 g/mol. The van der Waals surface area contributed by atoms with Crippen LogP contribution in [-0.4, -0.2) is 10.9 Å². The molecule has 0 aliphatic rings. The first kappa shape index (κ1) is 11.7. The molecule has 1 amide bonds. The van der Waals surface area contributed by atoms with E-state index in [2.05, 4.69) is 24.1 Å². The Balaban J connectivity index is 2.44. The molecule has 3 heteroatoms. The Morgan fingerprint density at radius 2 is 2.20 bits per heavy atom. The quantitative estimate of drug-likeness (QED) is 0.823. The highest BCUT2D eigenvalue weighted by atomic mass is 16.1. The summed E-state index contributed by atoms with van der Waals surface area (Å²) in [6.07, 6.45) is 1.48. The summed E-state index contributed by atoms with van der Waals surface area (Å²) in [4.78, 5) is 15.7. The van der Waals surface area contributed by atoms with E-state index < -0.39 is 0 Å². The van der Waals surface area contributed by atoms with Crippen molar-refractivity contribution in [3.63, 3.8) is 0 Å². The molecule has 0 aromatic carbocycles. The number of nitrogens with one attached hydrogen (secondary N) is 1. The van der Waals surface area contributed by atoms with Gasteiger partial charge in [-0.05, 0) is 31.4 Å². The van der Waals surface area contributed by atoms with Crippen LogP contribution in [0.1, 0.15) is 32.4 Å². The van der Waals surface area contributed by atoms with Crippen molar-refractivity contribution in [2.75, 3.05) is 5.32 Å². The topological polar surface area (TPSA) is 42.0 Å². The van der Waals surface area contributed by atoms with E-state index in [0.29, 0.717) is 18.2 Å². The van der Waals surface area contributed by atoms with Crippen LogP contribution in [0.2, 0.25) is 0 Å². The number of amides is 1. The Kier molecular flexibility index (Phi) is 4.28. The van der Waals surface area contributed by atoms with Crippen molar-refractivity contribution in [2.45, 2.75) is 33.6 Å². The van der Waals surface area contributed by atoms with Gasteiger partial charge in [-0.2, -0.15) is 0 Å². The zero-order valence-corrected chi connectivity index (χ0v) is 9.58. The molecule has 0 aliphatic heterocycles. The number of nitrogens with zero attached hydrogens (tertiary/aromatic N) is 1. The standard InChI is InChI=1S/C12H18N2O/c1-9(2)7-8-12(15)14-11-6-4-5-10(3)13-11/h4-6,9H,7-8H2,1-3H3,(H,13,14,15). The summed E-state index contributed by atoms with van der Waals surface area (Å²) in [5.74, 6) is 1.24. The van der Waals surface area contributed by atoms with Crippen LogP contribution in [-0.2, 0) is 4.79 Å². The molecule has 1 aromatic heterocycles. The second-order valence-corrected chi connectivity index (χ2v) is 4.14. The van der Waals surface area contributed by atoms with Crippen molar-refractivity contribution in [3.05, 3.63) is 23.9 Å². The fourth-order valence-electron chi connectivity index (χ4n) is 1.24. The van der Waals surface area contributed by atoms with Crippen molar-refractivity contribution in [1.29, 1.82) is 0 Å². The number of rotatable bonds is 4. The minimum Gasteiger partial charge on any atom is -0.311 e. The highest BCUT2D eigenvalue weighted by Gasteiger charge is 2.04. The molecule has 0 saturated heterocycles. The summed E-state index contributed by atoms with van der Waals surface area (Å²) >= 11 is 0. The van der Waals surface area contributed by atoms with Crippen LogP contribution in [0, 0.1) is 12.8 Å². The Morgan fingerprint density at radius 1 is 1.47 bits per heavy atom. The highest BCUT2D eigenvalue weighted by Crippen LogP contribution is 2.07. The lowest BCUT2D eigenvalue weighted by molar-refractivity contribution is -0.116. The highest BCUT2D eigenvalue weighted by molar-refractivity contribution is 5.89. The molecule has 15 heavy (non-hydrogen) atoms. The summed E-state index contributed by atoms with van der Waals surface area (Å²) in [7, 11) is 0. The maximum atomic E-state index is 11.5. The molecule has 1 N–H and O–H groups in total. The van der Waals surface area contributed by atoms with Crippen molar-refractivity contribution >= 4 is 11.7 Å². The predicted molar refractivity (Wildman–Crippen MR) is 61.7 cm³/mol. The molecular formula is C12H18N2O. The average Bonchev–Trinajstić information content (AvgIpc) is 2.15. The molecule has 0 bridgehead atoms. The van der Waals surface area contributed by atoms with Gasteiger partial charge in [0.25, 0.3) is 0 Å². The Hall–Kier alpha value is -1.38. The number of aryl methyl sites for hydroxylation is 1. The summed E-state index contributed by atoms with van der Waals surface area (Å²) in [5, 5.41) is 2.79. The summed E-state index contributed by atoms with van der Waals surface area (Å²) in [5.41, 5.74) is 0.914. The largest absolute Gasteiger partial charge is 0.311 e. The van der Waals surface area contributed by atoms with E-state index >= 15 is 0 Å². The van der Waals surface area contributed by atoms with Gasteiger partial charge in [-0.1, -0.05) is 19.9 Å². The van der Waals surface area contributed by atoms with Gasteiger partial charge >= 0.3 is 0 Å². The molecule has 3 nitrogen and oxygen atoms in total. The molecule has 0 unspecified atom stereocenters. The van der Waals surface area contributed by atoms with Gasteiger partial charge in [0, 0.05) is 12.1 Å². The van der Waals surface area contributed by atoms with E-state index in [9.17, 15) is 4.79 Å². The predicted octanol–water partition coefficient (Wildman–Crippen LogP) is 2.76. The minimum atomic E-state index is 0.0433. The zero-order valence-electron chi connectivity index (χ0n) is 9.58. The molecule has 1 aromatic rings. The number of carbonyl (C=O) groups is 1. The second kappa shape index (κ2) is 5.49. The van der Waals surface area contributed by atoms with Gasteiger partial charge in [-0.15, -0.1) is 0 Å². The molecule has 0 saturated carbocycles. The van der Waals surface area contributed by atoms with E-state index in [1.54, 1.807) is 6.07 Å². The first-order valence-corrected chi connectivity index (χ1v) is 5.31. The van der Waals surface area contributed by atoms with Crippen LogP contribution in [0.3, 0.4) is 0 Å². The Labute approximate surface area is 90.9 Å². The zero-order chi connectivity index (χ0) is 11.3. The van der Waals surface area contributed by atoms with E-state index in [4.69, 9.17) is 0 Å². The third kappa shape index (κ3) is 4.58. The van der Waals surface area contributed by atoms with Crippen LogP contribution in [0.15, 0.2) is 18.2 Å². The molecular weight excluding hydrogens is 188 g/mol. The third-order valence-electron chi connectivity index (χ3n) is 2.10. The average molecular weight is 206 g/mol. The number of pyridine rings is 1. The fraction of sp³-hybridized carbons (Fsp3) is 0.500. The Morgan fingerprint density at radius 3 is 2.80 bits per heavy atom. The lowest BCUT2D eigenvalue weighted by Gasteiger charge is -2.06. The van der Waals surface area contributed by atoms with Crippen molar-refractivity contribution < 1.29 is 4.79 Å². The van der Waals surface area contributed by atoms with Crippen LogP contribution in [0.25, 0.3) is 0 Å². The molecule has 1 heterocycles. The molecule has 82 valence electrons. The van der Waals surface area contributed by atoms with Gasteiger partial charge in [0.2, 0.25) is 5.91 Å². The lowest BCUT2D eigenvalue weighted by Crippen LogP contribution is -2.13. The molecule has 0 aliphatic carbocycles. The third-order valence-corrected chi connectivity index (χ3v) is 2.10. The van der Waals surface area contributed by atoms with Gasteiger partial charge in [-0.25, -0.2) is 4.98 Å². The van der Waals surface area contributed by atoms with Crippen LogP contribution in [0.4, 0.5) is 5.82 Å². The van der Waals surface area contributed by atoms with E-state index in [0.717, 1.165) is 12.1 Å². The first-order valence-electron chi connectivity index (χ1n) is 5.31. The maximum absolute atomic E-state index is 11.5. The fourth-order valence-corrected chi connectivity index (χ4v) is 1.24.